The van der Waals surface area contributed by atoms with Crippen molar-refractivity contribution in [3.63, 3.8) is 0 Å². The monoisotopic (exact) mass is 418 g/mol. The highest BCUT2D eigenvalue weighted by atomic mass is 32.2. The van der Waals surface area contributed by atoms with Crippen LogP contribution in [0.5, 0.6) is 0 Å². The minimum atomic E-state index is -3.50. The van der Waals surface area contributed by atoms with Crippen molar-refractivity contribution in [3.05, 3.63) is 46.3 Å². The lowest BCUT2D eigenvalue weighted by Gasteiger charge is -2.33. The number of carbonyl (C=O) groups excluding carboxylic acids is 1. The lowest BCUT2D eigenvalue weighted by molar-refractivity contribution is -0.117. The van der Waals surface area contributed by atoms with Crippen LogP contribution >= 0.6 is 11.3 Å². The van der Waals surface area contributed by atoms with Gasteiger partial charge in [0.1, 0.15) is 11.1 Å². The molecule has 148 valence electrons. The molecule has 0 unspecified atom stereocenters. The number of sulfonamides is 1. The van der Waals surface area contributed by atoms with Crippen molar-refractivity contribution in [1.82, 2.24) is 9.21 Å². The molecule has 1 aromatic carbocycles. The molecule has 0 bridgehead atoms. The van der Waals surface area contributed by atoms with E-state index in [1.807, 2.05) is 18.7 Å². The van der Waals surface area contributed by atoms with E-state index in [1.165, 1.54) is 15.6 Å². The van der Waals surface area contributed by atoms with Crippen molar-refractivity contribution in [2.24, 2.45) is 0 Å². The molecule has 1 aliphatic rings. The maximum Gasteiger partial charge on any atom is 0.243 e. The SMILES string of the molecule is Cc1sc(NC(=O)CN2CCN(S(=O)(=O)c3ccccc3)CC2)c(C#N)c1C. The summed E-state index contributed by atoms with van der Waals surface area (Å²) in [6.07, 6.45) is 0. The molecular weight excluding hydrogens is 396 g/mol. The van der Waals surface area contributed by atoms with E-state index in [0.29, 0.717) is 36.7 Å². The molecule has 2 heterocycles. The highest BCUT2D eigenvalue weighted by Gasteiger charge is 2.29. The highest BCUT2D eigenvalue weighted by Crippen LogP contribution is 2.31. The quantitative estimate of drug-likeness (QED) is 0.803. The molecule has 0 aliphatic carbocycles. The van der Waals surface area contributed by atoms with Crippen LogP contribution < -0.4 is 5.32 Å². The zero-order valence-corrected chi connectivity index (χ0v) is 17.4. The molecule has 1 aliphatic heterocycles. The van der Waals surface area contributed by atoms with Crippen LogP contribution in [0.1, 0.15) is 16.0 Å². The first-order valence-corrected chi connectivity index (χ1v) is 11.2. The number of nitrogens with zero attached hydrogens (tertiary/aromatic N) is 3. The number of hydrogen-bond donors (Lipinski definition) is 1. The minimum absolute atomic E-state index is 0.167. The number of anilines is 1. The Balaban J connectivity index is 1.57. The van der Waals surface area contributed by atoms with E-state index in [4.69, 9.17) is 0 Å². The highest BCUT2D eigenvalue weighted by molar-refractivity contribution is 7.89. The summed E-state index contributed by atoms with van der Waals surface area (Å²) in [5.74, 6) is -0.197. The number of nitriles is 1. The Hall–Kier alpha value is -2.25. The average molecular weight is 419 g/mol. The first kappa shape index (κ1) is 20.5. The van der Waals surface area contributed by atoms with Gasteiger partial charge >= 0.3 is 0 Å². The summed E-state index contributed by atoms with van der Waals surface area (Å²) in [7, 11) is -3.50. The first-order valence-electron chi connectivity index (χ1n) is 8.90. The van der Waals surface area contributed by atoms with Gasteiger partial charge in [0, 0.05) is 31.1 Å². The van der Waals surface area contributed by atoms with Gasteiger partial charge in [0.05, 0.1) is 17.0 Å². The lowest BCUT2D eigenvalue weighted by atomic mass is 10.2. The molecular formula is C19H22N4O3S2. The smallest absolute Gasteiger partial charge is 0.243 e. The largest absolute Gasteiger partial charge is 0.315 e. The Labute approximate surface area is 169 Å². The average Bonchev–Trinajstić information content (AvgIpc) is 2.95. The first-order chi connectivity index (χ1) is 13.3. The summed E-state index contributed by atoms with van der Waals surface area (Å²) in [6, 6.07) is 10.5. The van der Waals surface area contributed by atoms with Gasteiger partial charge in [-0.05, 0) is 31.5 Å². The van der Waals surface area contributed by atoms with Gasteiger partial charge in [-0.2, -0.15) is 9.57 Å². The van der Waals surface area contributed by atoms with Crippen LogP contribution in [0.4, 0.5) is 5.00 Å². The van der Waals surface area contributed by atoms with Gasteiger partial charge in [-0.3, -0.25) is 9.69 Å². The number of piperazine rings is 1. The van der Waals surface area contributed by atoms with Crippen molar-refractivity contribution < 1.29 is 13.2 Å². The molecule has 1 aromatic heterocycles. The van der Waals surface area contributed by atoms with Gasteiger partial charge in [0.2, 0.25) is 15.9 Å². The summed E-state index contributed by atoms with van der Waals surface area (Å²) in [6.45, 7) is 5.59. The van der Waals surface area contributed by atoms with Gasteiger partial charge in [-0.25, -0.2) is 8.42 Å². The standard InChI is InChI=1S/C19H22N4O3S2/c1-14-15(2)27-19(17(14)12-20)21-18(24)13-22-8-10-23(11-9-22)28(25,26)16-6-4-3-5-7-16/h3-7H,8-11,13H2,1-2H3,(H,21,24). The number of thiophene rings is 1. The molecule has 3 rings (SSSR count). The molecule has 1 N–H and O–H groups in total. The van der Waals surface area contributed by atoms with Crippen LogP contribution in [0.25, 0.3) is 0 Å². The minimum Gasteiger partial charge on any atom is -0.315 e. The summed E-state index contributed by atoms with van der Waals surface area (Å²) >= 11 is 1.40. The van der Waals surface area contributed by atoms with E-state index in [2.05, 4.69) is 11.4 Å². The third-order valence-electron chi connectivity index (χ3n) is 4.83. The lowest BCUT2D eigenvalue weighted by Crippen LogP contribution is -2.50. The van der Waals surface area contributed by atoms with Crippen molar-refractivity contribution in [2.45, 2.75) is 18.7 Å². The Kier molecular flexibility index (Phi) is 6.15. The fourth-order valence-corrected chi connectivity index (χ4v) is 5.56. The molecule has 28 heavy (non-hydrogen) atoms. The molecule has 9 heteroatoms. The molecule has 0 atom stereocenters. The van der Waals surface area contributed by atoms with Gasteiger partial charge < -0.3 is 5.32 Å². The number of amides is 1. The fourth-order valence-electron chi connectivity index (χ4n) is 3.09. The third kappa shape index (κ3) is 4.25. The number of nitrogens with one attached hydrogen (secondary N) is 1. The Bertz CT molecular complexity index is 1000. The molecule has 1 amide bonds. The van der Waals surface area contributed by atoms with Crippen molar-refractivity contribution in [3.8, 4) is 6.07 Å². The number of rotatable bonds is 5. The second kappa shape index (κ2) is 8.41. The summed E-state index contributed by atoms with van der Waals surface area (Å²) < 4.78 is 26.8. The molecule has 0 radical (unpaired) electrons. The molecule has 0 spiro atoms. The predicted octanol–water partition coefficient (Wildman–Crippen LogP) is 2.18. The maximum atomic E-state index is 12.7. The zero-order valence-electron chi connectivity index (χ0n) is 15.8. The molecule has 1 saturated heterocycles. The Morgan fingerprint density at radius 2 is 1.82 bits per heavy atom. The van der Waals surface area contributed by atoms with Crippen molar-refractivity contribution in [2.75, 3.05) is 38.0 Å². The van der Waals surface area contributed by atoms with Crippen LogP contribution in [0.3, 0.4) is 0 Å². The molecule has 0 saturated carbocycles. The van der Waals surface area contributed by atoms with E-state index in [0.717, 1.165) is 10.4 Å². The van der Waals surface area contributed by atoms with Crippen LogP contribution in [0.15, 0.2) is 35.2 Å². The van der Waals surface area contributed by atoms with Gasteiger partial charge in [0.25, 0.3) is 0 Å². The summed E-state index contributed by atoms with van der Waals surface area (Å²) in [4.78, 5) is 15.6. The zero-order chi connectivity index (χ0) is 20.3. The number of benzene rings is 1. The van der Waals surface area contributed by atoms with E-state index >= 15 is 0 Å². The number of aryl methyl sites for hydroxylation is 1. The maximum absolute atomic E-state index is 12.7. The summed E-state index contributed by atoms with van der Waals surface area (Å²) in [5.41, 5.74) is 1.40. The predicted molar refractivity (Wildman–Crippen MR) is 109 cm³/mol. The summed E-state index contributed by atoms with van der Waals surface area (Å²) in [5, 5.41) is 12.7. The van der Waals surface area contributed by atoms with Gasteiger partial charge in [0.15, 0.2) is 0 Å². The Morgan fingerprint density at radius 1 is 1.18 bits per heavy atom. The number of hydrogen-bond acceptors (Lipinski definition) is 6. The van der Waals surface area contributed by atoms with Gasteiger partial charge in [-0.15, -0.1) is 11.3 Å². The second-order valence-electron chi connectivity index (χ2n) is 6.64. The normalized spacial score (nSPS) is 15.9. The van der Waals surface area contributed by atoms with Crippen LogP contribution in [0.2, 0.25) is 0 Å². The van der Waals surface area contributed by atoms with Crippen molar-refractivity contribution >= 4 is 32.3 Å². The van der Waals surface area contributed by atoms with E-state index in [-0.39, 0.29) is 17.3 Å². The topological polar surface area (TPSA) is 93.5 Å². The van der Waals surface area contributed by atoms with E-state index in [1.54, 1.807) is 30.3 Å². The number of carbonyl (C=O) groups is 1. The van der Waals surface area contributed by atoms with Gasteiger partial charge in [-0.1, -0.05) is 18.2 Å². The molecule has 1 fully saturated rings. The molecule has 7 nitrogen and oxygen atoms in total. The second-order valence-corrected chi connectivity index (χ2v) is 9.80. The van der Waals surface area contributed by atoms with Crippen LogP contribution in [-0.2, 0) is 14.8 Å². The third-order valence-corrected chi connectivity index (χ3v) is 7.87. The fraction of sp³-hybridized carbons (Fsp3) is 0.368. The molecule has 2 aromatic rings. The van der Waals surface area contributed by atoms with Crippen LogP contribution in [-0.4, -0.2) is 56.3 Å². The van der Waals surface area contributed by atoms with E-state index in [9.17, 15) is 18.5 Å². The Morgan fingerprint density at radius 3 is 2.43 bits per heavy atom. The van der Waals surface area contributed by atoms with Crippen LogP contribution in [0, 0.1) is 25.2 Å². The van der Waals surface area contributed by atoms with Crippen molar-refractivity contribution in [1.29, 1.82) is 5.26 Å². The van der Waals surface area contributed by atoms with E-state index < -0.39 is 10.0 Å².